The molecule has 0 radical (unpaired) electrons. The van der Waals surface area contributed by atoms with Crippen LogP contribution in [0, 0.1) is 0 Å². The van der Waals surface area contributed by atoms with Gasteiger partial charge in [-0.2, -0.15) is 13.2 Å². The second-order valence-electron chi connectivity index (χ2n) is 8.31. The highest BCUT2D eigenvalue weighted by Crippen LogP contribution is 2.24. The van der Waals surface area contributed by atoms with Crippen molar-refractivity contribution in [3.05, 3.63) is 75.4 Å². The highest BCUT2D eigenvalue weighted by molar-refractivity contribution is 6.30. The van der Waals surface area contributed by atoms with Crippen molar-refractivity contribution in [1.82, 2.24) is 34.1 Å². The molecule has 1 atom stereocenters. The molecule has 17 heteroatoms. The summed E-state index contributed by atoms with van der Waals surface area (Å²) < 4.78 is 51.6. The zero-order chi connectivity index (χ0) is 29.9. The number of halogens is 4. The van der Waals surface area contributed by atoms with E-state index in [1.807, 2.05) is 0 Å². The Labute approximate surface area is 233 Å². The number of carbonyl (C=O) groups excluding carboxylic acids is 2. The Morgan fingerprint density at radius 3 is 2.46 bits per heavy atom. The minimum absolute atomic E-state index is 0.00365. The Kier molecular flexibility index (Phi) is 8.53. The molecule has 0 bridgehead atoms. The lowest BCUT2D eigenvalue weighted by Gasteiger charge is -2.15. The second-order valence-corrected chi connectivity index (χ2v) is 8.74. The van der Waals surface area contributed by atoms with Crippen molar-refractivity contribution in [2.24, 2.45) is 0 Å². The molecule has 1 aromatic carbocycles. The number of aliphatic hydroxyl groups excluding tert-OH is 1. The van der Waals surface area contributed by atoms with Crippen molar-refractivity contribution >= 4 is 23.5 Å². The molecule has 4 rings (SSSR count). The van der Waals surface area contributed by atoms with Crippen LogP contribution in [0.5, 0.6) is 0 Å². The van der Waals surface area contributed by atoms with Crippen LogP contribution in [0.15, 0.2) is 47.5 Å². The highest BCUT2D eigenvalue weighted by Gasteiger charge is 2.39. The van der Waals surface area contributed by atoms with Crippen LogP contribution in [-0.4, -0.2) is 77.1 Å². The maximum atomic E-state index is 13.2. The average Bonchev–Trinajstić information content (AvgIpc) is 3.49. The van der Waals surface area contributed by atoms with Crippen LogP contribution in [0.2, 0.25) is 5.02 Å². The molecule has 0 saturated carbocycles. The quantitative estimate of drug-likeness (QED) is 0.285. The molecule has 0 aliphatic carbocycles. The van der Waals surface area contributed by atoms with Gasteiger partial charge in [0, 0.05) is 16.8 Å². The summed E-state index contributed by atoms with van der Waals surface area (Å²) in [6, 6.07) is 7.11. The molecule has 3 aromatic heterocycles. The number of benzene rings is 1. The number of esters is 2. The predicted molar refractivity (Wildman–Crippen MR) is 135 cm³/mol. The Bertz CT molecular complexity index is 1630. The monoisotopic (exact) mass is 595 g/mol. The summed E-state index contributed by atoms with van der Waals surface area (Å²) in [4.78, 5) is 46.3. The van der Waals surface area contributed by atoms with Crippen molar-refractivity contribution in [3.63, 3.8) is 0 Å². The van der Waals surface area contributed by atoms with Gasteiger partial charge in [-0.05, 0) is 37.3 Å². The van der Waals surface area contributed by atoms with Crippen LogP contribution in [-0.2, 0) is 22.6 Å². The van der Waals surface area contributed by atoms with E-state index in [2.05, 4.69) is 20.2 Å². The molecule has 4 aromatic rings. The number of hydrogen-bond acceptors (Lipinski definition) is 10. The van der Waals surface area contributed by atoms with Gasteiger partial charge in [0.15, 0.2) is 17.8 Å². The number of aliphatic hydroxyl groups is 1. The van der Waals surface area contributed by atoms with Crippen molar-refractivity contribution in [1.29, 1.82) is 0 Å². The zero-order valence-electron chi connectivity index (χ0n) is 21.4. The molecule has 216 valence electrons. The van der Waals surface area contributed by atoms with E-state index < -0.39 is 43.0 Å². The van der Waals surface area contributed by atoms with Gasteiger partial charge in [0.1, 0.15) is 12.2 Å². The van der Waals surface area contributed by atoms with E-state index in [-0.39, 0.29) is 40.9 Å². The molecule has 0 amide bonds. The van der Waals surface area contributed by atoms with E-state index in [9.17, 15) is 32.7 Å². The molecule has 3 heterocycles. The number of aromatic nitrogens is 7. The van der Waals surface area contributed by atoms with Crippen molar-refractivity contribution in [2.75, 3.05) is 13.7 Å². The van der Waals surface area contributed by atoms with E-state index in [4.69, 9.17) is 21.1 Å². The fraction of sp³-hybridized carbons (Fsp3) is 0.292. The summed E-state index contributed by atoms with van der Waals surface area (Å²) in [6.07, 6.45) is -5.31. The average molecular weight is 596 g/mol. The van der Waals surface area contributed by atoms with E-state index >= 15 is 0 Å². The maximum absolute atomic E-state index is 13.2. The van der Waals surface area contributed by atoms with Gasteiger partial charge in [0.25, 0.3) is 0 Å². The number of rotatable bonds is 9. The molecule has 1 N–H and O–H groups in total. The first-order valence-electron chi connectivity index (χ1n) is 11.8. The predicted octanol–water partition coefficient (Wildman–Crippen LogP) is 2.28. The second kappa shape index (κ2) is 11.9. The van der Waals surface area contributed by atoms with E-state index in [0.29, 0.717) is 9.59 Å². The largest absolute Gasteiger partial charge is 0.463 e. The van der Waals surface area contributed by atoms with Crippen LogP contribution >= 0.6 is 11.6 Å². The molecular weight excluding hydrogens is 575 g/mol. The van der Waals surface area contributed by atoms with Gasteiger partial charge in [-0.15, -0.1) is 10.2 Å². The van der Waals surface area contributed by atoms with Gasteiger partial charge in [0.2, 0.25) is 5.82 Å². The first kappa shape index (κ1) is 29.4. The number of hydrogen-bond donors (Lipinski definition) is 1. The van der Waals surface area contributed by atoms with Crippen molar-refractivity contribution in [2.45, 2.75) is 32.3 Å². The minimum atomic E-state index is -5.01. The lowest BCUT2D eigenvalue weighted by Crippen LogP contribution is -2.37. The number of methoxy groups -OCH3 is 1. The summed E-state index contributed by atoms with van der Waals surface area (Å²) in [5.74, 6) is -2.45. The fourth-order valence-corrected chi connectivity index (χ4v) is 3.81. The molecule has 1 unspecified atom stereocenters. The molecule has 41 heavy (non-hydrogen) atoms. The summed E-state index contributed by atoms with van der Waals surface area (Å²) in [5.41, 5.74) is -0.778. The molecule has 0 saturated heterocycles. The number of nitrogens with zero attached hydrogens (tertiary/aromatic N) is 7. The first-order chi connectivity index (χ1) is 19.4. The fourth-order valence-electron chi connectivity index (χ4n) is 3.68. The Morgan fingerprint density at radius 1 is 1.12 bits per heavy atom. The summed E-state index contributed by atoms with van der Waals surface area (Å²) >= 11 is 5.91. The minimum Gasteiger partial charge on any atom is -0.463 e. The molecule has 13 nitrogen and oxygen atoms in total. The number of carbonyl (C=O) groups is 2. The van der Waals surface area contributed by atoms with Crippen LogP contribution in [0.4, 0.5) is 13.2 Å². The van der Waals surface area contributed by atoms with E-state index in [1.54, 1.807) is 6.92 Å². The normalized spacial score (nSPS) is 12.3. The SMILES string of the molecule is CCOC(=O)c1ccncc1-n1nc(Cn2nc(-c3ccc(Cl)cc3)n(CC(O)C(F)(F)F)c2=O)nc1C(=O)OC. The highest BCUT2D eigenvalue weighted by atomic mass is 35.5. The third-order valence-corrected chi connectivity index (χ3v) is 5.84. The van der Waals surface area contributed by atoms with E-state index in [1.165, 1.54) is 42.7 Å². The van der Waals surface area contributed by atoms with Gasteiger partial charge in [-0.1, -0.05) is 11.6 Å². The Balaban J connectivity index is 1.81. The standard InChI is InChI=1S/C24H21ClF3N7O6/c1-3-41-21(37)15-8-9-29-10-16(15)35-20(22(38)40-2)30-18(31-35)12-34-23(39)33(11-17(36)24(26,27)28)19(32-34)13-4-6-14(25)7-5-13/h4-10,17,36H,3,11-12H2,1-2H3. The number of alkyl halides is 3. The third-order valence-electron chi connectivity index (χ3n) is 5.59. The topological polar surface area (TPSA) is 156 Å². The number of ether oxygens (including phenoxy) is 2. The first-order valence-corrected chi connectivity index (χ1v) is 12.2. The molecule has 0 aliphatic rings. The van der Waals surface area contributed by atoms with Gasteiger partial charge < -0.3 is 14.6 Å². The molecular formula is C24H21ClF3N7O6. The summed E-state index contributed by atoms with van der Waals surface area (Å²) in [6.45, 7) is 0.0153. The van der Waals surface area contributed by atoms with Crippen LogP contribution in [0.1, 0.15) is 33.7 Å². The Morgan fingerprint density at radius 2 is 1.83 bits per heavy atom. The smallest absolute Gasteiger partial charge is 0.416 e. The summed E-state index contributed by atoms with van der Waals surface area (Å²) in [5, 5.41) is 18.4. The van der Waals surface area contributed by atoms with Gasteiger partial charge in [0.05, 0.1) is 32.0 Å². The lowest BCUT2D eigenvalue weighted by molar-refractivity contribution is -0.207. The van der Waals surface area contributed by atoms with Crippen LogP contribution < -0.4 is 5.69 Å². The van der Waals surface area contributed by atoms with Gasteiger partial charge in [-0.25, -0.2) is 28.7 Å². The molecule has 0 aliphatic heterocycles. The molecule has 0 fully saturated rings. The maximum Gasteiger partial charge on any atom is 0.416 e. The lowest BCUT2D eigenvalue weighted by atomic mass is 10.2. The Hall–Kier alpha value is -4.57. The number of pyridine rings is 1. The summed E-state index contributed by atoms with van der Waals surface area (Å²) in [7, 11) is 1.09. The third kappa shape index (κ3) is 6.28. The zero-order valence-corrected chi connectivity index (χ0v) is 22.1. The van der Waals surface area contributed by atoms with Crippen molar-refractivity contribution in [3.8, 4) is 17.1 Å². The van der Waals surface area contributed by atoms with Crippen molar-refractivity contribution < 1.29 is 37.3 Å². The van der Waals surface area contributed by atoms with E-state index in [0.717, 1.165) is 16.5 Å². The molecule has 0 spiro atoms. The van der Waals surface area contributed by atoms with Gasteiger partial charge in [-0.3, -0.25) is 9.55 Å². The van der Waals surface area contributed by atoms with Crippen LogP contribution in [0.25, 0.3) is 17.1 Å². The van der Waals surface area contributed by atoms with Gasteiger partial charge >= 0.3 is 23.8 Å². The van der Waals surface area contributed by atoms with Crippen LogP contribution in [0.3, 0.4) is 0 Å².